The molecule has 1 aliphatic rings. The molecule has 0 radical (unpaired) electrons. The zero-order valence-electron chi connectivity index (χ0n) is 13.8. The van der Waals surface area contributed by atoms with Crippen LogP contribution in [0.4, 0.5) is 0 Å². The van der Waals surface area contributed by atoms with Crippen molar-refractivity contribution in [3.8, 4) is 0 Å². The molecule has 2 N–H and O–H groups in total. The molecular weight excluding hydrogens is 276 g/mol. The molecule has 2 rings (SSSR count). The molecule has 4 nitrogen and oxygen atoms in total. The van der Waals surface area contributed by atoms with Gasteiger partial charge < -0.3 is 15.4 Å². The molecule has 0 aliphatic carbocycles. The molecule has 1 saturated heterocycles. The Morgan fingerprint density at radius 1 is 1.36 bits per heavy atom. The van der Waals surface area contributed by atoms with E-state index in [4.69, 9.17) is 10.5 Å². The fourth-order valence-corrected chi connectivity index (χ4v) is 2.89. The van der Waals surface area contributed by atoms with Crippen molar-refractivity contribution in [2.24, 2.45) is 5.73 Å². The third-order valence-electron chi connectivity index (χ3n) is 4.41. The smallest absolute Gasteiger partial charge is 0.239 e. The van der Waals surface area contributed by atoms with Gasteiger partial charge in [-0.1, -0.05) is 37.6 Å². The Kier molecular flexibility index (Phi) is 6.40. The van der Waals surface area contributed by atoms with Crippen LogP contribution in [0.5, 0.6) is 0 Å². The molecule has 0 aromatic heterocycles. The average molecular weight is 304 g/mol. The standard InChI is InChI=1S/C18H28N2O2/c1-3-6-17(19)18(21)20-11-9-16(10-12-20)22-13-15-8-5-4-7-14(15)2/h4-5,7-8,16-17H,3,6,9-13,19H2,1-2H3. The van der Waals surface area contributed by atoms with Crippen LogP contribution < -0.4 is 5.73 Å². The van der Waals surface area contributed by atoms with Crippen molar-refractivity contribution in [3.05, 3.63) is 35.4 Å². The molecule has 1 heterocycles. The number of hydrogen-bond acceptors (Lipinski definition) is 3. The number of amides is 1. The maximum atomic E-state index is 12.2. The molecule has 0 spiro atoms. The molecule has 0 saturated carbocycles. The summed E-state index contributed by atoms with van der Waals surface area (Å²) in [5, 5.41) is 0. The number of aryl methyl sites for hydroxylation is 1. The lowest BCUT2D eigenvalue weighted by molar-refractivity contribution is -0.135. The first kappa shape index (κ1) is 17.0. The summed E-state index contributed by atoms with van der Waals surface area (Å²) < 4.78 is 6.02. The van der Waals surface area contributed by atoms with E-state index in [1.165, 1.54) is 11.1 Å². The van der Waals surface area contributed by atoms with Crippen LogP contribution in [0, 0.1) is 6.92 Å². The molecule has 1 amide bonds. The van der Waals surface area contributed by atoms with Crippen LogP contribution in [-0.2, 0) is 16.1 Å². The molecule has 1 aliphatic heterocycles. The van der Waals surface area contributed by atoms with Crippen molar-refractivity contribution in [3.63, 3.8) is 0 Å². The molecule has 22 heavy (non-hydrogen) atoms. The fraction of sp³-hybridized carbons (Fsp3) is 0.611. The summed E-state index contributed by atoms with van der Waals surface area (Å²) in [7, 11) is 0. The van der Waals surface area contributed by atoms with Crippen LogP contribution in [0.15, 0.2) is 24.3 Å². The number of hydrogen-bond donors (Lipinski definition) is 1. The topological polar surface area (TPSA) is 55.6 Å². The van der Waals surface area contributed by atoms with E-state index in [1.54, 1.807) is 0 Å². The van der Waals surface area contributed by atoms with Gasteiger partial charge in [-0.15, -0.1) is 0 Å². The Labute approximate surface area is 133 Å². The number of benzene rings is 1. The summed E-state index contributed by atoms with van der Waals surface area (Å²) in [5.41, 5.74) is 8.43. The molecule has 1 aromatic rings. The Morgan fingerprint density at radius 3 is 2.68 bits per heavy atom. The van der Waals surface area contributed by atoms with Gasteiger partial charge in [0.1, 0.15) is 0 Å². The van der Waals surface area contributed by atoms with Crippen molar-refractivity contribution >= 4 is 5.91 Å². The van der Waals surface area contributed by atoms with E-state index < -0.39 is 0 Å². The van der Waals surface area contributed by atoms with Crippen LogP contribution in [0.1, 0.15) is 43.7 Å². The highest BCUT2D eigenvalue weighted by molar-refractivity contribution is 5.81. The highest BCUT2D eigenvalue weighted by Crippen LogP contribution is 2.18. The predicted octanol–water partition coefficient (Wildman–Crippen LogP) is 2.63. The van der Waals surface area contributed by atoms with Gasteiger partial charge in [0.15, 0.2) is 0 Å². The van der Waals surface area contributed by atoms with Gasteiger partial charge in [-0.2, -0.15) is 0 Å². The van der Waals surface area contributed by atoms with E-state index >= 15 is 0 Å². The number of nitrogens with zero attached hydrogens (tertiary/aromatic N) is 1. The molecule has 122 valence electrons. The van der Waals surface area contributed by atoms with Gasteiger partial charge in [-0.3, -0.25) is 4.79 Å². The molecule has 4 heteroatoms. The van der Waals surface area contributed by atoms with E-state index in [9.17, 15) is 4.79 Å². The Morgan fingerprint density at radius 2 is 2.05 bits per heavy atom. The third kappa shape index (κ3) is 4.55. The van der Waals surface area contributed by atoms with Crippen molar-refractivity contribution in [1.29, 1.82) is 0 Å². The normalized spacial score (nSPS) is 17.5. The second kappa shape index (κ2) is 8.30. The minimum Gasteiger partial charge on any atom is -0.373 e. The SMILES string of the molecule is CCCC(N)C(=O)N1CCC(OCc2ccccc2C)CC1. The first-order valence-electron chi connectivity index (χ1n) is 8.32. The Hall–Kier alpha value is -1.39. The van der Waals surface area contributed by atoms with Gasteiger partial charge in [0.05, 0.1) is 18.8 Å². The lowest BCUT2D eigenvalue weighted by Gasteiger charge is -2.33. The highest BCUT2D eigenvalue weighted by atomic mass is 16.5. The lowest BCUT2D eigenvalue weighted by atomic mass is 10.0. The highest BCUT2D eigenvalue weighted by Gasteiger charge is 2.26. The molecule has 1 fully saturated rings. The van der Waals surface area contributed by atoms with Gasteiger partial charge in [-0.05, 0) is 37.3 Å². The van der Waals surface area contributed by atoms with Crippen LogP contribution in [0.2, 0.25) is 0 Å². The third-order valence-corrected chi connectivity index (χ3v) is 4.41. The Balaban J connectivity index is 1.75. The molecule has 1 atom stereocenters. The van der Waals surface area contributed by atoms with E-state index in [2.05, 4.69) is 26.0 Å². The zero-order chi connectivity index (χ0) is 15.9. The van der Waals surface area contributed by atoms with Crippen LogP contribution in [0.3, 0.4) is 0 Å². The number of nitrogens with two attached hydrogens (primary N) is 1. The number of rotatable bonds is 6. The summed E-state index contributed by atoms with van der Waals surface area (Å²) >= 11 is 0. The van der Waals surface area contributed by atoms with Gasteiger partial charge in [-0.25, -0.2) is 0 Å². The number of carbonyl (C=O) groups is 1. The maximum Gasteiger partial charge on any atom is 0.239 e. The number of carbonyl (C=O) groups excluding carboxylic acids is 1. The molecule has 0 bridgehead atoms. The summed E-state index contributed by atoms with van der Waals surface area (Å²) in [6.45, 7) is 6.33. The lowest BCUT2D eigenvalue weighted by Crippen LogP contribution is -2.48. The quantitative estimate of drug-likeness (QED) is 0.879. The summed E-state index contributed by atoms with van der Waals surface area (Å²) in [6, 6.07) is 7.96. The second-order valence-corrected chi connectivity index (χ2v) is 6.16. The minimum atomic E-state index is -0.338. The Bertz CT molecular complexity index is 482. The van der Waals surface area contributed by atoms with E-state index in [0.717, 1.165) is 38.8 Å². The largest absolute Gasteiger partial charge is 0.373 e. The van der Waals surface area contributed by atoms with Gasteiger partial charge >= 0.3 is 0 Å². The summed E-state index contributed by atoms with van der Waals surface area (Å²) in [5.74, 6) is 0.0965. The average Bonchev–Trinajstić information content (AvgIpc) is 2.54. The van der Waals surface area contributed by atoms with Crippen molar-refractivity contribution in [2.75, 3.05) is 13.1 Å². The van der Waals surface area contributed by atoms with Crippen molar-refractivity contribution < 1.29 is 9.53 Å². The molecule has 1 aromatic carbocycles. The number of ether oxygens (including phenoxy) is 1. The van der Waals surface area contributed by atoms with E-state index in [1.807, 2.05) is 17.0 Å². The fourth-order valence-electron chi connectivity index (χ4n) is 2.89. The molecular formula is C18H28N2O2. The van der Waals surface area contributed by atoms with Crippen molar-refractivity contribution in [2.45, 2.75) is 58.3 Å². The van der Waals surface area contributed by atoms with Crippen LogP contribution in [0.25, 0.3) is 0 Å². The summed E-state index contributed by atoms with van der Waals surface area (Å²) in [6.07, 6.45) is 3.75. The predicted molar refractivity (Wildman–Crippen MR) is 88.5 cm³/mol. The number of piperidine rings is 1. The van der Waals surface area contributed by atoms with Crippen molar-refractivity contribution in [1.82, 2.24) is 4.90 Å². The first-order chi connectivity index (χ1) is 10.6. The second-order valence-electron chi connectivity index (χ2n) is 6.16. The van der Waals surface area contributed by atoms with E-state index in [-0.39, 0.29) is 18.1 Å². The number of likely N-dealkylation sites (tertiary alicyclic amines) is 1. The minimum absolute atomic E-state index is 0.0965. The van der Waals surface area contributed by atoms with Gasteiger partial charge in [0, 0.05) is 13.1 Å². The summed E-state index contributed by atoms with van der Waals surface area (Å²) in [4.78, 5) is 14.1. The van der Waals surface area contributed by atoms with Crippen LogP contribution >= 0.6 is 0 Å². The zero-order valence-corrected chi connectivity index (χ0v) is 13.8. The van der Waals surface area contributed by atoms with E-state index in [0.29, 0.717) is 6.61 Å². The molecule has 1 unspecified atom stereocenters. The first-order valence-corrected chi connectivity index (χ1v) is 8.32. The van der Waals surface area contributed by atoms with Gasteiger partial charge in [0.25, 0.3) is 0 Å². The van der Waals surface area contributed by atoms with Crippen LogP contribution in [-0.4, -0.2) is 36.0 Å². The monoisotopic (exact) mass is 304 g/mol. The van der Waals surface area contributed by atoms with Gasteiger partial charge in [0.2, 0.25) is 5.91 Å². The maximum absolute atomic E-state index is 12.2.